The topological polar surface area (TPSA) is 36.7 Å². The van der Waals surface area contributed by atoms with Crippen LogP contribution in [0.1, 0.15) is 12.8 Å². The van der Waals surface area contributed by atoms with Crippen LogP contribution in [0.25, 0.3) is 16.9 Å². The van der Waals surface area contributed by atoms with E-state index in [1.807, 2.05) is 22.8 Å². The molecule has 2 aliphatic rings. The molecule has 5 nitrogen and oxygen atoms in total. The van der Waals surface area contributed by atoms with Crippen LogP contribution in [0.4, 0.5) is 5.82 Å². The zero-order valence-electron chi connectivity index (χ0n) is 14.6. The zero-order valence-corrected chi connectivity index (χ0v) is 14.6. The van der Waals surface area contributed by atoms with Gasteiger partial charge in [-0.25, -0.2) is 4.98 Å². The van der Waals surface area contributed by atoms with Crippen LogP contribution >= 0.6 is 0 Å². The molecule has 2 aromatic heterocycles. The van der Waals surface area contributed by atoms with Crippen molar-refractivity contribution < 1.29 is 0 Å². The molecule has 0 saturated carbocycles. The molecule has 2 saturated heterocycles. The van der Waals surface area contributed by atoms with E-state index in [4.69, 9.17) is 4.98 Å². The first-order valence-corrected chi connectivity index (χ1v) is 9.06. The molecule has 5 rings (SSSR count). The monoisotopic (exact) mass is 333 g/mol. The van der Waals surface area contributed by atoms with E-state index in [1.165, 1.54) is 31.7 Å². The summed E-state index contributed by atoms with van der Waals surface area (Å²) in [5.74, 6) is 1.17. The summed E-state index contributed by atoms with van der Waals surface area (Å²) in [6.45, 7) is 4.64. The van der Waals surface area contributed by atoms with Crippen molar-refractivity contribution >= 4 is 11.5 Å². The Balaban J connectivity index is 1.56. The minimum absolute atomic E-state index is 0.449. The summed E-state index contributed by atoms with van der Waals surface area (Å²) in [6, 6.07) is 14.6. The van der Waals surface area contributed by atoms with Gasteiger partial charge in [-0.1, -0.05) is 30.3 Å². The molecule has 0 unspecified atom stereocenters. The van der Waals surface area contributed by atoms with Gasteiger partial charge in [-0.05, 0) is 26.4 Å². The van der Waals surface area contributed by atoms with Crippen molar-refractivity contribution in [2.75, 3.05) is 38.1 Å². The number of likely N-dealkylation sites (tertiary alicyclic amines) is 1. The average Bonchev–Trinajstić information content (AvgIpc) is 3.35. The van der Waals surface area contributed by atoms with Crippen molar-refractivity contribution in [1.29, 1.82) is 0 Å². The number of fused-ring (bicyclic) bond motifs is 1. The van der Waals surface area contributed by atoms with Crippen molar-refractivity contribution in [2.24, 2.45) is 5.41 Å². The molecule has 0 N–H and O–H groups in total. The van der Waals surface area contributed by atoms with E-state index in [0.29, 0.717) is 5.41 Å². The smallest absolute Gasteiger partial charge is 0.157 e. The largest absolute Gasteiger partial charge is 0.356 e. The maximum absolute atomic E-state index is 4.80. The molecule has 0 bridgehead atoms. The summed E-state index contributed by atoms with van der Waals surface area (Å²) in [7, 11) is 2.24. The van der Waals surface area contributed by atoms with E-state index in [2.05, 4.69) is 52.3 Å². The Labute approximate surface area is 147 Å². The fraction of sp³-hybridized carbons (Fsp3) is 0.400. The first-order chi connectivity index (χ1) is 12.2. The van der Waals surface area contributed by atoms with Crippen molar-refractivity contribution in [3.8, 4) is 11.3 Å². The van der Waals surface area contributed by atoms with Gasteiger partial charge in [0.05, 0.1) is 11.9 Å². The predicted molar refractivity (Wildman–Crippen MR) is 99.8 cm³/mol. The summed E-state index contributed by atoms with van der Waals surface area (Å²) in [4.78, 5) is 9.78. The Morgan fingerprint density at radius 1 is 1.00 bits per heavy atom. The third kappa shape index (κ3) is 2.50. The Morgan fingerprint density at radius 3 is 2.64 bits per heavy atom. The van der Waals surface area contributed by atoms with Crippen molar-refractivity contribution in [2.45, 2.75) is 12.8 Å². The fourth-order valence-corrected chi connectivity index (χ4v) is 4.50. The normalized spacial score (nSPS) is 24.0. The van der Waals surface area contributed by atoms with Crippen LogP contribution in [-0.2, 0) is 0 Å². The standard InChI is InChI=1S/C20H23N5/c1-23-11-8-20(14-23)9-12-24(15-20)19-13-17(16-5-3-2-4-6-16)22-18-7-10-21-25(18)19/h2-7,10,13H,8-9,11-12,14-15H2,1H3/t20-/m0/s1. The summed E-state index contributed by atoms with van der Waals surface area (Å²) < 4.78 is 1.99. The van der Waals surface area contributed by atoms with Gasteiger partial charge in [-0.15, -0.1) is 0 Å². The highest BCUT2D eigenvalue weighted by Gasteiger charge is 2.43. The Morgan fingerprint density at radius 2 is 1.84 bits per heavy atom. The fourth-order valence-electron chi connectivity index (χ4n) is 4.50. The lowest BCUT2D eigenvalue weighted by Crippen LogP contribution is -2.30. The second kappa shape index (κ2) is 5.56. The minimum Gasteiger partial charge on any atom is -0.356 e. The number of aromatic nitrogens is 3. The first kappa shape index (κ1) is 14.9. The third-order valence-corrected chi connectivity index (χ3v) is 5.80. The highest BCUT2D eigenvalue weighted by molar-refractivity contribution is 5.67. The molecule has 1 spiro atoms. The van der Waals surface area contributed by atoms with Gasteiger partial charge >= 0.3 is 0 Å². The molecule has 4 heterocycles. The van der Waals surface area contributed by atoms with Crippen molar-refractivity contribution in [3.05, 3.63) is 48.7 Å². The Hall–Kier alpha value is -2.40. The molecule has 3 aromatic rings. The van der Waals surface area contributed by atoms with E-state index in [9.17, 15) is 0 Å². The van der Waals surface area contributed by atoms with Crippen LogP contribution in [0, 0.1) is 5.41 Å². The maximum atomic E-state index is 4.80. The second-order valence-corrected chi connectivity index (χ2v) is 7.63. The third-order valence-electron chi connectivity index (χ3n) is 5.80. The summed E-state index contributed by atoms with van der Waals surface area (Å²) in [5, 5.41) is 4.53. The molecule has 1 atom stereocenters. The van der Waals surface area contributed by atoms with Crippen LogP contribution in [0.2, 0.25) is 0 Å². The lowest BCUT2D eigenvalue weighted by atomic mass is 9.86. The van der Waals surface area contributed by atoms with Crippen LogP contribution in [-0.4, -0.2) is 52.7 Å². The molecule has 5 heteroatoms. The van der Waals surface area contributed by atoms with Crippen LogP contribution in [0.5, 0.6) is 0 Å². The van der Waals surface area contributed by atoms with Gasteiger partial charge in [-0.2, -0.15) is 9.61 Å². The molecule has 128 valence electrons. The lowest BCUT2D eigenvalue weighted by Gasteiger charge is -2.25. The van der Waals surface area contributed by atoms with E-state index in [1.54, 1.807) is 0 Å². The SMILES string of the molecule is CN1CC[C@]2(CCN(c3cc(-c4ccccc4)nc4ccnn34)C2)C1. The molecule has 1 aromatic carbocycles. The Bertz CT molecular complexity index is 903. The van der Waals surface area contributed by atoms with Crippen LogP contribution in [0.15, 0.2) is 48.7 Å². The van der Waals surface area contributed by atoms with Gasteiger partial charge in [-0.3, -0.25) is 0 Å². The van der Waals surface area contributed by atoms with Crippen molar-refractivity contribution in [1.82, 2.24) is 19.5 Å². The summed E-state index contributed by atoms with van der Waals surface area (Å²) >= 11 is 0. The minimum atomic E-state index is 0.449. The molecule has 2 aliphatic heterocycles. The van der Waals surface area contributed by atoms with Crippen LogP contribution in [0.3, 0.4) is 0 Å². The summed E-state index contributed by atoms with van der Waals surface area (Å²) in [5.41, 5.74) is 3.54. The van der Waals surface area contributed by atoms with E-state index in [0.717, 1.165) is 30.0 Å². The Kier molecular flexibility index (Phi) is 3.31. The second-order valence-electron chi connectivity index (χ2n) is 7.63. The number of nitrogens with zero attached hydrogens (tertiary/aromatic N) is 5. The average molecular weight is 333 g/mol. The number of benzene rings is 1. The first-order valence-electron chi connectivity index (χ1n) is 9.06. The number of anilines is 1. The van der Waals surface area contributed by atoms with Crippen LogP contribution < -0.4 is 4.90 Å². The van der Waals surface area contributed by atoms with Gasteiger partial charge in [0.15, 0.2) is 5.65 Å². The lowest BCUT2D eigenvalue weighted by molar-refractivity contribution is 0.312. The van der Waals surface area contributed by atoms with Crippen molar-refractivity contribution in [3.63, 3.8) is 0 Å². The number of hydrogen-bond acceptors (Lipinski definition) is 4. The highest BCUT2D eigenvalue weighted by Crippen LogP contribution is 2.41. The molecule has 0 aliphatic carbocycles. The predicted octanol–water partition coefficient (Wildman–Crippen LogP) is 2.93. The van der Waals surface area contributed by atoms with E-state index >= 15 is 0 Å². The highest BCUT2D eigenvalue weighted by atomic mass is 15.4. The van der Waals surface area contributed by atoms with Gasteiger partial charge in [0.2, 0.25) is 0 Å². The number of hydrogen-bond donors (Lipinski definition) is 0. The number of rotatable bonds is 2. The quantitative estimate of drug-likeness (QED) is 0.722. The van der Waals surface area contributed by atoms with Gasteiger partial charge in [0.1, 0.15) is 5.82 Å². The van der Waals surface area contributed by atoms with Gasteiger partial charge in [0.25, 0.3) is 0 Å². The molecule has 0 radical (unpaired) electrons. The molecular weight excluding hydrogens is 310 g/mol. The van der Waals surface area contributed by atoms with Gasteiger partial charge in [0, 0.05) is 42.7 Å². The maximum Gasteiger partial charge on any atom is 0.157 e. The summed E-state index contributed by atoms with van der Waals surface area (Å²) in [6.07, 6.45) is 4.41. The molecule has 0 amide bonds. The molecular formula is C20H23N5. The molecule has 2 fully saturated rings. The van der Waals surface area contributed by atoms with Gasteiger partial charge < -0.3 is 9.80 Å². The van der Waals surface area contributed by atoms with E-state index in [-0.39, 0.29) is 0 Å². The van der Waals surface area contributed by atoms with E-state index < -0.39 is 0 Å². The zero-order chi connectivity index (χ0) is 16.9. The molecule has 25 heavy (non-hydrogen) atoms.